The average Bonchev–Trinajstić information content (AvgIpc) is 3.52. The van der Waals surface area contributed by atoms with E-state index in [0.29, 0.717) is 17.7 Å². The average molecular weight is 537 g/mol. The van der Waals surface area contributed by atoms with Crippen LogP contribution in [0.4, 0.5) is 10.5 Å². The highest BCUT2D eigenvalue weighted by atomic mass is 16.6. The molecule has 210 valence electrons. The van der Waals surface area contributed by atoms with Gasteiger partial charge in [-0.2, -0.15) is 0 Å². The van der Waals surface area contributed by atoms with Crippen molar-refractivity contribution in [3.63, 3.8) is 0 Å². The summed E-state index contributed by atoms with van der Waals surface area (Å²) in [6.45, 7) is 12.8. The molecule has 0 spiro atoms. The number of ether oxygens (including phenoxy) is 1. The van der Waals surface area contributed by atoms with Crippen molar-refractivity contribution in [1.82, 2.24) is 10.2 Å². The maximum absolute atomic E-state index is 14.2. The molecule has 4 atom stereocenters. The highest BCUT2D eigenvalue weighted by Gasteiger charge is 2.48. The number of carbonyl (C=O) groups excluding carboxylic acids is 4. The van der Waals surface area contributed by atoms with Gasteiger partial charge in [-0.05, 0) is 76.6 Å². The third-order valence-corrected chi connectivity index (χ3v) is 6.72. The van der Waals surface area contributed by atoms with E-state index in [1.807, 2.05) is 64.1 Å². The van der Waals surface area contributed by atoms with Crippen LogP contribution in [0.5, 0.6) is 0 Å². The van der Waals surface area contributed by atoms with E-state index in [1.54, 1.807) is 26.8 Å². The van der Waals surface area contributed by atoms with Crippen molar-refractivity contribution in [2.75, 3.05) is 5.32 Å². The van der Waals surface area contributed by atoms with Crippen LogP contribution in [0.15, 0.2) is 42.5 Å². The Morgan fingerprint density at radius 3 is 2.23 bits per heavy atom. The second-order valence-electron chi connectivity index (χ2n) is 11.5. The highest BCUT2D eigenvalue weighted by molar-refractivity contribution is 6.00. The summed E-state index contributed by atoms with van der Waals surface area (Å²) in [5, 5.41) is 5.52. The minimum atomic E-state index is -1.30. The molecule has 1 aliphatic carbocycles. The summed E-state index contributed by atoms with van der Waals surface area (Å²) in [6, 6.07) is 10.5. The van der Waals surface area contributed by atoms with Crippen LogP contribution in [0.2, 0.25) is 0 Å². The van der Waals surface area contributed by atoms with E-state index in [1.165, 1.54) is 4.90 Å². The Hall–Kier alpha value is -3.88. The maximum Gasteiger partial charge on any atom is 0.408 e. The van der Waals surface area contributed by atoms with Crippen LogP contribution >= 0.6 is 0 Å². The fourth-order valence-electron chi connectivity index (χ4n) is 4.67. The minimum Gasteiger partial charge on any atom is -0.444 e. The molecule has 2 aromatic carbocycles. The van der Waals surface area contributed by atoms with Crippen LogP contribution in [0, 0.1) is 26.7 Å². The largest absolute Gasteiger partial charge is 0.444 e. The summed E-state index contributed by atoms with van der Waals surface area (Å²) in [5.41, 5.74) is 8.70. The number of hydrogen-bond acceptors (Lipinski definition) is 5. The Morgan fingerprint density at radius 2 is 1.69 bits per heavy atom. The van der Waals surface area contributed by atoms with E-state index < -0.39 is 47.9 Å². The lowest BCUT2D eigenvalue weighted by molar-refractivity contribution is -0.142. The van der Waals surface area contributed by atoms with Crippen LogP contribution in [0.3, 0.4) is 0 Å². The summed E-state index contributed by atoms with van der Waals surface area (Å²) < 4.78 is 5.34. The molecule has 0 aromatic heterocycles. The minimum absolute atomic E-state index is 0.129. The fourth-order valence-corrected chi connectivity index (χ4v) is 4.67. The van der Waals surface area contributed by atoms with E-state index in [2.05, 4.69) is 10.6 Å². The third-order valence-electron chi connectivity index (χ3n) is 6.72. The van der Waals surface area contributed by atoms with Gasteiger partial charge in [-0.15, -0.1) is 0 Å². The van der Waals surface area contributed by atoms with Crippen molar-refractivity contribution in [2.24, 2.45) is 11.7 Å². The number of hydrogen-bond donors (Lipinski definition) is 3. The van der Waals surface area contributed by atoms with E-state index in [4.69, 9.17) is 10.5 Å². The van der Waals surface area contributed by atoms with Crippen molar-refractivity contribution in [3.05, 3.63) is 64.7 Å². The van der Waals surface area contributed by atoms with Crippen molar-refractivity contribution in [3.8, 4) is 0 Å². The first-order valence-electron chi connectivity index (χ1n) is 13.2. The molecule has 2 aromatic rings. The molecule has 9 nitrogen and oxygen atoms in total. The molecule has 3 rings (SSSR count). The summed E-state index contributed by atoms with van der Waals surface area (Å²) in [4.78, 5) is 54.4. The Kier molecular flexibility index (Phi) is 9.04. The SMILES string of the molecule is Cc1ccc(C(C(=O)Nc2ccccc2C)N(C(=O)C(CC(N)=O)NC(=O)OC(C)(C)C)C2CC2C)c(C)c1. The molecule has 4 amide bonds. The Labute approximate surface area is 230 Å². The number of para-hydroxylation sites is 1. The molecule has 0 radical (unpaired) electrons. The lowest BCUT2D eigenvalue weighted by Gasteiger charge is -2.35. The number of benzene rings is 2. The molecule has 1 aliphatic rings. The molecule has 0 saturated heterocycles. The van der Waals surface area contributed by atoms with Gasteiger partial charge in [0, 0.05) is 11.7 Å². The summed E-state index contributed by atoms with van der Waals surface area (Å²) >= 11 is 0. The number of rotatable bonds is 9. The first-order valence-corrected chi connectivity index (χ1v) is 13.2. The van der Waals surface area contributed by atoms with Crippen LogP contribution in [0.1, 0.15) is 68.8 Å². The van der Waals surface area contributed by atoms with Crippen LogP contribution < -0.4 is 16.4 Å². The molecular weight excluding hydrogens is 496 g/mol. The normalized spacial score (nSPS) is 17.9. The fraction of sp³-hybridized carbons (Fsp3) is 0.467. The molecular formula is C30H40N4O5. The predicted molar refractivity (Wildman–Crippen MR) is 150 cm³/mol. The number of amides is 4. The Morgan fingerprint density at radius 1 is 1.05 bits per heavy atom. The van der Waals surface area contributed by atoms with Gasteiger partial charge in [-0.3, -0.25) is 14.4 Å². The molecule has 0 heterocycles. The molecule has 0 aliphatic heterocycles. The zero-order valence-corrected chi connectivity index (χ0v) is 23.8. The smallest absolute Gasteiger partial charge is 0.408 e. The monoisotopic (exact) mass is 536 g/mol. The molecule has 9 heteroatoms. The lowest BCUT2D eigenvalue weighted by Crippen LogP contribution is -2.54. The molecule has 4 unspecified atom stereocenters. The lowest BCUT2D eigenvalue weighted by atomic mass is 9.95. The Balaban J connectivity index is 2.07. The zero-order valence-electron chi connectivity index (χ0n) is 23.8. The summed E-state index contributed by atoms with van der Waals surface area (Å²) in [5.74, 6) is -1.59. The number of carbonyl (C=O) groups is 4. The number of nitrogens with one attached hydrogen (secondary N) is 2. The standard InChI is InChI=1S/C30H40N4O5/c1-17-12-13-21(19(3)14-17)26(27(36)32-22-11-9-8-10-18(22)2)34(24-15-20(24)4)28(37)23(16-25(31)35)33-29(38)39-30(5,6)7/h8-14,20,23-24,26H,15-16H2,1-7H3,(H2,31,35)(H,32,36)(H,33,38). The van der Waals surface area contributed by atoms with E-state index in [0.717, 1.165) is 16.7 Å². The van der Waals surface area contributed by atoms with Crippen LogP contribution in [-0.4, -0.2) is 46.4 Å². The van der Waals surface area contributed by atoms with Gasteiger partial charge in [0.2, 0.25) is 11.8 Å². The van der Waals surface area contributed by atoms with Gasteiger partial charge in [0.1, 0.15) is 17.7 Å². The first-order chi connectivity index (χ1) is 18.2. The molecule has 4 N–H and O–H groups in total. The third kappa shape index (κ3) is 7.81. The molecule has 0 bridgehead atoms. The van der Waals surface area contributed by atoms with Gasteiger partial charge in [-0.25, -0.2) is 4.79 Å². The number of alkyl carbamates (subject to hydrolysis) is 1. The molecule has 1 saturated carbocycles. The van der Waals surface area contributed by atoms with Gasteiger partial charge >= 0.3 is 6.09 Å². The van der Waals surface area contributed by atoms with Gasteiger partial charge in [-0.1, -0.05) is 48.9 Å². The van der Waals surface area contributed by atoms with Crippen LogP contribution in [-0.2, 0) is 19.1 Å². The van der Waals surface area contributed by atoms with Crippen molar-refractivity contribution < 1.29 is 23.9 Å². The van der Waals surface area contributed by atoms with Crippen molar-refractivity contribution in [2.45, 2.75) is 85.0 Å². The number of primary amides is 1. The zero-order chi connectivity index (χ0) is 29.1. The molecule has 39 heavy (non-hydrogen) atoms. The summed E-state index contributed by atoms with van der Waals surface area (Å²) in [6.07, 6.45) is -0.604. The topological polar surface area (TPSA) is 131 Å². The van der Waals surface area contributed by atoms with Gasteiger partial charge in [0.05, 0.1) is 6.42 Å². The summed E-state index contributed by atoms with van der Waals surface area (Å²) in [7, 11) is 0. The van der Waals surface area contributed by atoms with Gasteiger partial charge in [0.15, 0.2) is 0 Å². The number of aryl methyl sites for hydroxylation is 3. The quantitative estimate of drug-likeness (QED) is 0.440. The predicted octanol–water partition coefficient (Wildman–Crippen LogP) is 4.30. The van der Waals surface area contributed by atoms with E-state index in [-0.39, 0.29) is 12.0 Å². The maximum atomic E-state index is 14.2. The van der Waals surface area contributed by atoms with E-state index >= 15 is 0 Å². The second kappa shape index (κ2) is 11.9. The van der Waals surface area contributed by atoms with Gasteiger partial charge in [0.25, 0.3) is 5.91 Å². The van der Waals surface area contributed by atoms with Gasteiger partial charge < -0.3 is 26.0 Å². The number of anilines is 1. The molecule has 1 fully saturated rings. The second-order valence-corrected chi connectivity index (χ2v) is 11.5. The highest BCUT2D eigenvalue weighted by Crippen LogP contribution is 2.42. The first kappa shape index (κ1) is 29.7. The van der Waals surface area contributed by atoms with E-state index in [9.17, 15) is 19.2 Å². The van der Waals surface area contributed by atoms with Crippen molar-refractivity contribution >= 4 is 29.5 Å². The van der Waals surface area contributed by atoms with Crippen LogP contribution in [0.25, 0.3) is 0 Å². The van der Waals surface area contributed by atoms with Crippen molar-refractivity contribution in [1.29, 1.82) is 0 Å². The number of nitrogens with zero attached hydrogens (tertiary/aromatic N) is 1. The number of nitrogens with two attached hydrogens (primary N) is 1. The Bertz CT molecular complexity index is 1250.